The third-order valence-electron chi connectivity index (χ3n) is 2.89. The second-order valence-corrected chi connectivity index (χ2v) is 5.74. The highest BCUT2D eigenvalue weighted by Gasteiger charge is 2.27. The van der Waals surface area contributed by atoms with Crippen LogP contribution in [0.4, 0.5) is 0 Å². The van der Waals surface area contributed by atoms with Gasteiger partial charge < -0.3 is 10.0 Å². The molecule has 1 atom stereocenters. The second-order valence-electron chi connectivity index (χ2n) is 4.02. The first kappa shape index (κ1) is 11.9. The van der Waals surface area contributed by atoms with Gasteiger partial charge in [0.15, 0.2) is 0 Å². The zero-order valence-corrected chi connectivity index (χ0v) is 10.4. The van der Waals surface area contributed by atoms with Gasteiger partial charge in [-0.15, -0.1) is 11.3 Å². The molecule has 0 aliphatic carbocycles. The van der Waals surface area contributed by atoms with Crippen LogP contribution < -0.4 is 0 Å². The van der Waals surface area contributed by atoms with Crippen molar-refractivity contribution in [3.8, 4) is 0 Å². The van der Waals surface area contributed by atoms with Crippen LogP contribution in [-0.2, 0) is 0 Å². The first-order valence-corrected chi connectivity index (χ1v) is 6.55. The van der Waals surface area contributed by atoms with E-state index in [0.717, 1.165) is 25.9 Å². The van der Waals surface area contributed by atoms with Gasteiger partial charge in [-0.2, -0.15) is 0 Å². The van der Waals surface area contributed by atoms with Crippen molar-refractivity contribution in [1.82, 2.24) is 4.90 Å². The number of carbonyl (C=O) groups is 1. The molecule has 1 amide bonds. The van der Waals surface area contributed by atoms with Gasteiger partial charge in [0.05, 0.1) is 9.21 Å². The van der Waals surface area contributed by atoms with E-state index in [-0.39, 0.29) is 12.5 Å². The van der Waals surface area contributed by atoms with Gasteiger partial charge in [0.25, 0.3) is 5.91 Å². The number of hydrogen-bond donors (Lipinski definition) is 1. The number of thiophene rings is 1. The van der Waals surface area contributed by atoms with Gasteiger partial charge in [0.1, 0.15) is 0 Å². The van der Waals surface area contributed by atoms with Crippen molar-refractivity contribution in [1.29, 1.82) is 0 Å². The molecule has 1 aliphatic heterocycles. The summed E-state index contributed by atoms with van der Waals surface area (Å²) in [6, 6.07) is 3.52. The van der Waals surface area contributed by atoms with Crippen molar-refractivity contribution in [3.05, 3.63) is 21.3 Å². The standard InChI is InChI=1S/C11H14ClNO2S/c12-10-2-1-9(16-10)11(15)13-5-3-8(7-13)4-6-14/h1-2,8,14H,3-7H2. The van der Waals surface area contributed by atoms with Crippen LogP contribution >= 0.6 is 22.9 Å². The maximum absolute atomic E-state index is 12.0. The van der Waals surface area contributed by atoms with E-state index in [9.17, 15) is 4.79 Å². The first-order valence-electron chi connectivity index (χ1n) is 5.36. The maximum Gasteiger partial charge on any atom is 0.263 e. The summed E-state index contributed by atoms with van der Waals surface area (Å²) < 4.78 is 0.648. The van der Waals surface area contributed by atoms with Gasteiger partial charge in [-0.1, -0.05) is 11.6 Å². The third-order valence-corrected chi connectivity index (χ3v) is 4.11. The Labute approximate surface area is 104 Å². The molecule has 0 radical (unpaired) electrons. The molecule has 2 heterocycles. The lowest BCUT2D eigenvalue weighted by atomic mass is 10.1. The van der Waals surface area contributed by atoms with Crippen molar-refractivity contribution in [3.63, 3.8) is 0 Å². The largest absolute Gasteiger partial charge is 0.396 e. The molecule has 1 unspecified atom stereocenters. The molecule has 2 rings (SSSR count). The van der Waals surface area contributed by atoms with Crippen molar-refractivity contribution in [2.75, 3.05) is 19.7 Å². The molecule has 16 heavy (non-hydrogen) atoms. The number of carbonyl (C=O) groups excluding carboxylic acids is 1. The Morgan fingerprint density at radius 2 is 2.44 bits per heavy atom. The van der Waals surface area contributed by atoms with Crippen LogP contribution in [0.5, 0.6) is 0 Å². The molecule has 0 saturated carbocycles. The Morgan fingerprint density at radius 1 is 1.62 bits per heavy atom. The zero-order valence-electron chi connectivity index (χ0n) is 8.86. The number of halogens is 1. The molecular formula is C11H14ClNO2S. The third kappa shape index (κ3) is 2.56. The topological polar surface area (TPSA) is 40.5 Å². The van der Waals surface area contributed by atoms with Gasteiger partial charge >= 0.3 is 0 Å². The molecule has 88 valence electrons. The quantitative estimate of drug-likeness (QED) is 0.905. The molecule has 0 spiro atoms. The molecule has 5 heteroatoms. The van der Waals surface area contributed by atoms with Crippen LogP contribution in [-0.4, -0.2) is 35.6 Å². The summed E-state index contributed by atoms with van der Waals surface area (Å²) in [5.41, 5.74) is 0. The van der Waals surface area contributed by atoms with Crippen LogP contribution in [0, 0.1) is 5.92 Å². The van der Waals surface area contributed by atoms with Crippen molar-refractivity contribution < 1.29 is 9.90 Å². The number of aliphatic hydroxyl groups is 1. The van der Waals surface area contributed by atoms with E-state index in [1.807, 2.05) is 4.90 Å². The minimum absolute atomic E-state index is 0.0670. The summed E-state index contributed by atoms with van der Waals surface area (Å²) in [6.45, 7) is 1.76. The molecule has 0 bridgehead atoms. The Kier molecular flexibility index (Phi) is 3.84. The highest BCUT2D eigenvalue weighted by atomic mass is 35.5. The van der Waals surface area contributed by atoms with Gasteiger partial charge in [0, 0.05) is 19.7 Å². The number of hydrogen-bond acceptors (Lipinski definition) is 3. The van der Waals surface area contributed by atoms with E-state index < -0.39 is 0 Å². The predicted octanol–water partition coefficient (Wildman–Crippen LogP) is 2.25. The summed E-state index contributed by atoms with van der Waals surface area (Å²) in [7, 11) is 0. The van der Waals surface area contributed by atoms with Crippen molar-refractivity contribution in [2.45, 2.75) is 12.8 Å². The van der Waals surface area contributed by atoms with E-state index in [1.54, 1.807) is 12.1 Å². The van der Waals surface area contributed by atoms with E-state index in [4.69, 9.17) is 16.7 Å². The number of aliphatic hydroxyl groups excluding tert-OH is 1. The zero-order chi connectivity index (χ0) is 11.5. The van der Waals surface area contributed by atoms with E-state index in [2.05, 4.69) is 0 Å². The summed E-state index contributed by atoms with van der Waals surface area (Å²) in [5.74, 6) is 0.515. The Bertz CT molecular complexity index is 380. The fraction of sp³-hybridized carbons (Fsp3) is 0.545. The SMILES string of the molecule is O=C(c1ccc(Cl)s1)N1CCC(CCO)C1. The minimum atomic E-state index is 0.0670. The maximum atomic E-state index is 12.0. The second kappa shape index (κ2) is 5.17. The van der Waals surface area contributed by atoms with Gasteiger partial charge in [-0.05, 0) is 30.9 Å². The molecule has 1 aliphatic rings. The van der Waals surface area contributed by atoms with Crippen LogP contribution in [0.25, 0.3) is 0 Å². The van der Waals surface area contributed by atoms with E-state index in [1.165, 1.54) is 11.3 Å². The fourth-order valence-corrected chi connectivity index (χ4v) is 3.03. The summed E-state index contributed by atoms with van der Waals surface area (Å²) in [5, 5.41) is 8.85. The number of amides is 1. The van der Waals surface area contributed by atoms with Crippen LogP contribution in [0.2, 0.25) is 4.34 Å². The van der Waals surface area contributed by atoms with Gasteiger partial charge in [-0.25, -0.2) is 0 Å². The average molecular weight is 260 g/mol. The Hall–Kier alpha value is -0.580. The smallest absolute Gasteiger partial charge is 0.263 e. The molecule has 1 aromatic heterocycles. The van der Waals surface area contributed by atoms with Crippen molar-refractivity contribution in [2.24, 2.45) is 5.92 Å². The van der Waals surface area contributed by atoms with Gasteiger partial charge in [-0.3, -0.25) is 4.79 Å². The van der Waals surface area contributed by atoms with Crippen LogP contribution in [0.15, 0.2) is 12.1 Å². The monoisotopic (exact) mass is 259 g/mol. The Balaban J connectivity index is 1.97. The van der Waals surface area contributed by atoms with Crippen molar-refractivity contribution >= 4 is 28.8 Å². The van der Waals surface area contributed by atoms with Crippen LogP contribution in [0.3, 0.4) is 0 Å². The number of likely N-dealkylation sites (tertiary alicyclic amines) is 1. The molecule has 1 fully saturated rings. The number of nitrogens with zero attached hydrogens (tertiary/aromatic N) is 1. The minimum Gasteiger partial charge on any atom is -0.396 e. The normalized spacial score (nSPS) is 20.4. The highest BCUT2D eigenvalue weighted by molar-refractivity contribution is 7.17. The summed E-state index contributed by atoms with van der Waals surface area (Å²) in [6.07, 6.45) is 1.78. The number of rotatable bonds is 3. The molecule has 3 nitrogen and oxygen atoms in total. The predicted molar refractivity (Wildman–Crippen MR) is 65.0 cm³/mol. The van der Waals surface area contributed by atoms with Gasteiger partial charge in [0.2, 0.25) is 0 Å². The Morgan fingerprint density at radius 3 is 3.06 bits per heavy atom. The molecule has 1 aromatic rings. The lowest BCUT2D eigenvalue weighted by Gasteiger charge is -2.15. The summed E-state index contributed by atoms with van der Waals surface area (Å²) in [4.78, 5) is 14.6. The van der Waals surface area contributed by atoms with Crippen LogP contribution in [0.1, 0.15) is 22.5 Å². The molecule has 1 N–H and O–H groups in total. The fourth-order valence-electron chi connectivity index (χ4n) is 2.02. The molecule has 0 aromatic carbocycles. The molecule has 1 saturated heterocycles. The highest BCUT2D eigenvalue weighted by Crippen LogP contribution is 2.26. The molecular weight excluding hydrogens is 246 g/mol. The van der Waals surface area contributed by atoms with E-state index >= 15 is 0 Å². The lowest BCUT2D eigenvalue weighted by Crippen LogP contribution is -2.28. The summed E-state index contributed by atoms with van der Waals surface area (Å²) >= 11 is 7.13. The average Bonchev–Trinajstić information content (AvgIpc) is 2.87. The lowest BCUT2D eigenvalue weighted by molar-refractivity contribution is 0.0789. The van der Waals surface area contributed by atoms with E-state index in [0.29, 0.717) is 15.1 Å². The first-order chi connectivity index (χ1) is 7.70.